The van der Waals surface area contributed by atoms with Crippen molar-refractivity contribution in [3.05, 3.63) is 89.6 Å². The zero-order valence-electron chi connectivity index (χ0n) is 16.2. The van der Waals surface area contributed by atoms with Crippen LogP contribution in [0.3, 0.4) is 0 Å². The Morgan fingerprint density at radius 2 is 1.73 bits per heavy atom. The topological polar surface area (TPSA) is 60.4 Å². The number of benzene rings is 3. The summed E-state index contributed by atoms with van der Waals surface area (Å²) >= 11 is 0. The molecule has 30 heavy (non-hydrogen) atoms. The average molecular weight is 398 g/mol. The Morgan fingerprint density at radius 1 is 0.967 bits per heavy atom. The molecule has 2 heterocycles. The van der Waals surface area contributed by atoms with Crippen molar-refractivity contribution in [2.75, 3.05) is 18.8 Å². The van der Waals surface area contributed by atoms with E-state index in [-0.39, 0.29) is 12.7 Å². The molecule has 0 saturated carbocycles. The molecular formula is C24H18N2O4. The molecule has 0 unspecified atom stereocenters. The smallest absolute Gasteiger partial charge is 0.282 e. The van der Waals surface area contributed by atoms with Crippen LogP contribution >= 0.6 is 0 Å². The van der Waals surface area contributed by atoms with Gasteiger partial charge >= 0.3 is 0 Å². The zero-order chi connectivity index (χ0) is 20.5. The van der Waals surface area contributed by atoms with Crippen LogP contribution in [0.1, 0.15) is 11.1 Å². The largest absolute Gasteiger partial charge is 0.497 e. The van der Waals surface area contributed by atoms with Gasteiger partial charge in [0.2, 0.25) is 6.79 Å². The third-order valence-corrected chi connectivity index (χ3v) is 4.92. The summed E-state index contributed by atoms with van der Waals surface area (Å²) in [5, 5.41) is 0. The van der Waals surface area contributed by atoms with Gasteiger partial charge in [0.25, 0.3) is 5.91 Å². The summed E-state index contributed by atoms with van der Waals surface area (Å²) in [5.41, 5.74) is 2.74. The molecule has 0 saturated heterocycles. The second kappa shape index (κ2) is 7.40. The standard InChI is InChI=1S/C24H18N2O4/c1-28-19-10-8-18(9-11-19)26-23(17-5-3-2-4-6-17)25-20(24(26)27)13-16-7-12-21-22(14-16)30-15-29-21/h2-14H,15H2,1H3/b20-13+. The molecule has 0 bridgehead atoms. The van der Waals surface area contributed by atoms with Crippen LogP contribution in [0.25, 0.3) is 6.08 Å². The van der Waals surface area contributed by atoms with E-state index in [9.17, 15) is 4.79 Å². The van der Waals surface area contributed by atoms with Crippen LogP contribution in [-0.2, 0) is 4.79 Å². The Bertz CT molecular complexity index is 1170. The first-order chi connectivity index (χ1) is 14.7. The molecule has 0 fully saturated rings. The van der Waals surface area contributed by atoms with Crippen molar-refractivity contribution in [3.8, 4) is 17.2 Å². The Balaban J connectivity index is 1.57. The highest BCUT2D eigenvalue weighted by Crippen LogP contribution is 2.34. The van der Waals surface area contributed by atoms with E-state index in [4.69, 9.17) is 14.2 Å². The maximum Gasteiger partial charge on any atom is 0.282 e. The van der Waals surface area contributed by atoms with Gasteiger partial charge in [-0.2, -0.15) is 0 Å². The molecule has 148 valence electrons. The lowest BCUT2D eigenvalue weighted by molar-refractivity contribution is -0.113. The number of fused-ring (bicyclic) bond motifs is 1. The first-order valence-electron chi connectivity index (χ1n) is 9.47. The maximum atomic E-state index is 13.3. The maximum absolute atomic E-state index is 13.3. The van der Waals surface area contributed by atoms with E-state index in [1.54, 1.807) is 18.1 Å². The first-order valence-corrected chi connectivity index (χ1v) is 9.47. The van der Waals surface area contributed by atoms with E-state index in [1.807, 2.05) is 72.8 Å². The molecule has 0 aliphatic carbocycles. The van der Waals surface area contributed by atoms with Gasteiger partial charge in [0.1, 0.15) is 17.3 Å². The number of carbonyl (C=O) groups is 1. The average Bonchev–Trinajstić information content (AvgIpc) is 3.39. The predicted molar refractivity (Wildman–Crippen MR) is 114 cm³/mol. The Labute approximate surface area is 173 Å². The molecule has 0 radical (unpaired) electrons. The highest BCUT2D eigenvalue weighted by molar-refractivity contribution is 6.33. The lowest BCUT2D eigenvalue weighted by Crippen LogP contribution is -2.32. The second-order valence-electron chi connectivity index (χ2n) is 6.78. The van der Waals surface area contributed by atoms with Crippen molar-refractivity contribution >= 4 is 23.5 Å². The van der Waals surface area contributed by atoms with Crippen LogP contribution in [0, 0.1) is 0 Å². The fraction of sp³-hybridized carbons (Fsp3) is 0.0833. The van der Waals surface area contributed by atoms with E-state index >= 15 is 0 Å². The minimum atomic E-state index is -0.198. The molecule has 3 aromatic carbocycles. The van der Waals surface area contributed by atoms with E-state index in [0.29, 0.717) is 23.0 Å². The third-order valence-electron chi connectivity index (χ3n) is 4.92. The minimum absolute atomic E-state index is 0.198. The van der Waals surface area contributed by atoms with Crippen LogP contribution < -0.4 is 19.1 Å². The number of carbonyl (C=O) groups excluding carboxylic acids is 1. The van der Waals surface area contributed by atoms with Gasteiger partial charge in [-0.3, -0.25) is 9.69 Å². The number of methoxy groups -OCH3 is 1. The van der Waals surface area contributed by atoms with Crippen LogP contribution in [0.2, 0.25) is 0 Å². The van der Waals surface area contributed by atoms with Gasteiger partial charge in [-0.05, 0) is 48.0 Å². The number of amides is 1. The number of rotatable bonds is 4. The molecule has 0 spiro atoms. The van der Waals surface area contributed by atoms with E-state index < -0.39 is 0 Å². The number of hydrogen-bond donors (Lipinski definition) is 0. The summed E-state index contributed by atoms with van der Waals surface area (Å²) in [6.07, 6.45) is 1.76. The molecule has 6 heteroatoms. The van der Waals surface area contributed by atoms with E-state index in [0.717, 1.165) is 22.6 Å². The van der Waals surface area contributed by atoms with Gasteiger partial charge < -0.3 is 14.2 Å². The Kier molecular flexibility index (Phi) is 4.44. The predicted octanol–water partition coefficient (Wildman–Crippen LogP) is 4.26. The molecule has 2 aliphatic heterocycles. The monoisotopic (exact) mass is 398 g/mol. The molecule has 0 atom stereocenters. The van der Waals surface area contributed by atoms with Gasteiger partial charge in [-0.25, -0.2) is 4.99 Å². The SMILES string of the molecule is COc1ccc(N2C(=O)/C(=C\c3ccc4c(c3)OCO4)N=C2c2ccccc2)cc1. The molecule has 1 amide bonds. The minimum Gasteiger partial charge on any atom is -0.497 e. The van der Waals surface area contributed by atoms with Gasteiger partial charge in [0, 0.05) is 5.56 Å². The number of hydrogen-bond acceptors (Lipinski definition) is 5. The van der Waals surface area contributed by atoms with Crippen molar-refractivity contribution in [1.82, 2.24) is 0 Å². The van der Waals surface area contributed by atoms with Crippen molar-refractivity contribution in [3.63, 3.8) is 0 Å². The van der Waals surface area contributed by atoms with Crippen molar-refractivity contribution in [2.45, 2.75) is 0 Å². The van der Waals surface area contributed by atoms with Gasteiger partial charge in [0.05, 0.1) is 12.8 Å². The first kappa shape index (κ1) is 18.0. The molecule has 2 aliphatic rings. The van der Waals surface area contributed by atoms with Crippen LogP contribution in [0.5, 0.6) is 17.2 Å². The third kappa shape index (κ3) is 3.18. The van der Waals surface area contributed by atoms with Crippen LogP contribution in [-0.4, -0.2) is 25.6 Å². The quantitative estimate of drug-likeness (QED) is 0.616. The number of nitrogens with zero attached hydrogens (tertiary/aromatic N) is 2. The lowest BCUT2D eigenvalue weighted by Gasteiger charge is -2.18. The van der Waals surface area contributed by atoms with Crippen molar-refractivity contribution < 1.29 is 19.0 Å². The molecular weight excluding hydrogens is 380 g/mol. The van der Waals surface area contributed by atoms with Crippen LogP contribution in [0.15, 0.2) is 83.5 Å². The number of ether oxygens (including phenoxy) is 3. The van der Waals surface area contributed by atoms with Crippen LogP contribution in [0.4, 0.5) is 5.69 Å². The molecule has 5 rings (SSSR count). The summed E-state index contributed by atoms with van der Waals surface area (Å²) in [7, 11) is 1.61. The highest BCUT2D eigenvalue weighted by Gasteiger charge is 2.32. The van der Waals surface area contributed by atoms with Gasteiger partial charge in [0.15, 0.2) is 11.5 Å². The molecule has 0 N–H and O–H groups in total. The Morgan fingerprint density at radius 3 is 2.50 bits per heavy atom. The Hall–Kier alpha value is -4.06. The number of amidine groups is 1. The second-order valence-corrected chi connectivity index (χ2v) is 6.78. The lowest BCUT2D eigenvalue weighted by atomic mass is 10.1. The fourth-order valence-electron chi connectivity index (χ4n) is 3.43. The fourth-order valence-corrected chi connectivity index (χ4v) is 3.43. The number of anilines is 1. The summed E-state index contributed by atoms with van der Waals surface area (Å²) in [5.74, 6) is 2.46. The highest BCUT2D eigenvalue weighted by atomic mass is 16.7. The summed E-state index contributed by atoms with van der Waals surface area (Å²) in [6, 6.07) is 22.5. The zero-order valence-corrected chi connectivity index (χ0v) is 16.2. The summed E-state index contributed by atoms with van der Waals surface area (Å²) in [4.78, 5) is 19.6. The molecule has 0 aromatic heterocycles. The normalized spacial score (nSPS) is 16.2. The van der Waals surface area contributed by atoms with E-state index in [1.165, 1.54) is 0 Å². The van der Waals surface area contributed by atoms with Gasteiger partial charge in [-0.15, -0.1) is 0 Å². The molecule has 6 nitrogen and oxygen atoms in total. The number of aliphatic imine (C=N–C) groups is 1. The summed E-state index contributed by atoms with van der Waals surface area (Å²) in [6.45, 7) is 0.204. The van der Waals surface area contributed by atoms with Crippen molar-refractivity contribution in [1.29, 1.82) is 0 Å². The molecule has 3 aromatic rings. The van der Waals surface area contributed by atoms with Crippen molar-refractivity contribution in [2.24, 2.45) is 4.99 Å². The van der Waals surface area contributed by atoms with Gasteiger partial charge in [-0.1, -0.05) is 36.4 Å². The summed E-state index contributed by atoms with van der Waals surface area (Å²) < 4.78 is 16.0. The van der Waals surface area contributed by atoms with E-state index in [2.05, 4.69) is 4.99 Å².